The van der Waals surface area contributed by atoms with Crippen molar-refractivity contribution in [2.75, 3.05) is 34.9 Å². The fraction of sp³-hybridized carbons (Fsp3) is 0.417. The first-order valence-electron chi connectivity index (χ1n) is 11.1. The lowest BCUT2D eigenvalue weighted by Gasteiger charge is -2.11. The van der Waals surface area contributed by atoms with Crippen LogP contribution in [0.3, 0.4) is 0 Å². The van der Waals surface area contributed by atoms with Gasteiger partial charge in [-0.3, -0.25) is 0 Å². The molecule has 4 rings (SSSR count). The van der Waals surface area contributed by atoms with Crippen molar-refractivity contribution in [3.63, 3.8) is 0 Å². The second kappa shape index (κ2) is 10.1. The van der Waals surface area contributed by atoms with E-state index in [0.717, 1.165) is 41.8 Å². The predicted molar refractivity (Wildman–Crippen MR) is 131 cm³/mol. The first-order valence-corrected chi connectivity index (χ1v) is 11.1. The van der Waals surface area contributed by atoms with Gasteiger partial charge in [0.05, 0.1) is 25.8 Å². The number of ether oxygens (including phenoxy) is 2. The highest BCUT2D eigenvalue weighted by molar-refractivity contribution is 5.93. The molecule has 1 aromatic carbocycles. The van der Waals surface area contributed by atoms with Crippen LogP contribution < -0.4 is 9.47 Å². The Bertz CT molecular complexity index is 1320. The summed E-state index contributed by atoms with van der Waals surface area (Å²) in [4.78, 5) is 17.1. The molecule has 0 radical (unpaired) electrons. The van der Waals surface area contributed by atoms with E-state index in [1.54, 1.807) is 31.3 Å². The number of oxime groups is 1. The number of aryl methyl sites for hydroxylation is 2. The van der Waals surface area contributed by atoms with Crippen LogP contribution in [0.4, 0.5) is 0 Å². The van der Waals surface area contributed by atoms with Gasteiger partial charge in [0.1, 0.15) is 12.0 Å². The van der Waals surface area contributed by atoms with Crippen LogP contribution in [0.2, 0.25) is 0 Å². The number of fused-ring (bicyclic) bond motifs is 3. The van der Waals surface area contributed by atoms with Crippen molar-refractivity contribution in [2.24, 2.45) is 5.16 Å². The van der Waals surface area contributed by atoms with Crippen LogP contribution in [0, 0.1) is 13.8 Å². The molecule has 0 fully saturated rings. The van der Waals surface area contributed by atoms with E-state index in [9.17, 15) is 0 Å². The minimum absolute atomic E-state index is 0.147. The van der Waals surface area contributed by atoms with Crippen LogP contribution in [0.15, 0.2) is 29.7 Å². The van der Waals surface area contributed by atoms with Gasteiger partial charge in [-0.2, -0.15) is 0 Å². The fourth-order valence-corrected chi connectivity index (χ4v) is 3.98. The van der Waals surface area contributed by atoms with Crippen LogP contribution in [-0.2, 0) is 18.0 Å². The molecule has 0 spiro atoms. The standard InChI is InChI=1S/C24H31N7O3/c1-16-17(2)30(11-7-10-29(3)4)23-22(16)24-27-21(28-31(24)15-25-23)14-34-26-13-18-8-9-19(32-5)20(12-18)33-6/h8-9,12-13,15H,7,10-11,14H2,1-6H3. The normalized spacial score (nSPS) is 11.9. The third-order valence-corrected chi connectivity index (χ3v) is 5.85. The molecule has 0 bridgehead atoms. The quantitative estimate of drug-likeness (QED) is 0.262. The second-order valence-electron chi connectivity index (χ2n) is 8.38. The Morgan fingerprint density at radius 2 is 1.88 bits per heavy atom. The second-order valence-corrected chi connectivity index (χ2v) is 8.38. The van der Waals surface area contributed by atoms with Crippen LogP contribution >= 0.6 is 0 Å². The topological polar surface area (TPSA) is 91.3 Å². The number of benzene rings is 1. The van der Waals surface area contributed by atoms with Crippen molar-refractivity contribution in [1.29, 1.82) is 0 Å². The zero-order valence-corrected chi connectivity index (χ0v) is 20.6. The first-order chi connectivity index (χ1) is 16.4. The Labute approximate surface area is 198 Å². The molecule has 0 saturated carbocycles. The number of hydrogen-bond acceptors (Lipinski definition) is 8. The predicted octanol–water partition coefficient (Wildman–Crippen LogP) is 3.22. The van der Waals surface area contributed by atoms with Gasteiger partial charge in [0.15, 0.2) is 29.6 Å². The van der Waals surface area contributed by atoms with Crippen molar-refractivity contribution in [2.45, 2.75) is 33.4 Å². The molecular formula is C24H31N7O3. The maximum Gasteiger partial charge on any atom is 0.192 e. The average Bonchev–Trinajstić information content (AvgIpc) is 3.35. The molecule has 0 N–H and O–H groups in total. The Hall–Kier alpha value is -3.66. The van der Waals surface area contributed by atoms with E-state index in [-0.39, 0.29) is 6.61 Å². The van der Waals surface area contributed by atoms with Gasteiger partial charge in [0, 0.05) is 17.8 Å². The molecule has 4 aromatic rings. The van der Waals surface area contributed by atoms with Crippen LogP contribution in [0.1, 0.15) is 29.1 Å². The minimum Gasteiger partial charge on any atom is -0.493 e. The summed E-state index contributed by atoms with van der Waals surface area (Å²) < 4.78 is 14.5. The summed E-state index contributed by atoms with van der Waals surface area (Å²) in [6.45, 7) is 6.32. The van der Waals surface area contributed by atoms with Gasteiger partial charge >= 0.3 is 0 Å². The maximum absolute atomic E-state index is 5.46. The van der Waals surface area contributed by atoms with Gasteiger partial charge < -0.3 is 23.8 Å². The molecule has 0 aliphatic heterocycles. The van der Waals surface area contributed by atoms with Crippen LogP contribution in [0.5, 0.6) is 11.5 Å². The van der Waals surface area contributed by atoms with E-state index >= 15 is 0 Å². The molecule has 0 aliphatic carbocycles. The first kappa shape index (κ1) is 23.5. The van der Waals surface area contributed by atoms with Gasteiger partial charge in [0.2, 0.25) is 0 Å². The molecule has 0 aliphatic rings. The summed E-state index contributed by atoms with van der Waals surface area (Å²) in [6, 6.07) is 5.51. The number of hydrogen-bond donors (Lipinski definition) is 0. The Morgan fingerprint density at radius 3 is 2.62 bits per heavy atom. The summed E-state index contributed by atoms with van der Waals surface area (Å²) in [7, 11) is 7.37. The van der Waals surface area contributed by atoms with E-state index in [1.165, 1.54) is 11.3 Å². The average molecular weight is 466 g/mol. The molecule has 34 heavy (non-hydrogen) atoms. The molecule has 0 saturated heterocycles. The van der Waals surface area contributed by atoms with Crippen LogP contribution in [-0.4, -0.2) is 70.1 Å². The highest BCUT2D eigenvalue weighted by Crippen LogP contribution is 2.28. The van der Waals surface area contributed by atoms with Crippen LogP contribution in [0.25, 0.3) is 16.7 Å². The molecule has 0 atom stereocenters. The van der Waals surface area contributed by atoms with Crippen molar-refractivity contribution < 1.29 is 14.3 Å². The van der Waals surface area contributed by atoms with Gasteiger partial charge in [-0.05, 0) is 64.7 Å². The number of aromatic nitrogens is 5. The smallest absolute Gasteiger partial charge is 0.192 e. The zero-order chi connectivity index (χ0) is 24.2. The van der Waals surface area contributed by atoms with E-state index in [2.05, 4.69) is 52.6 Å². The molecule has 10 heteroatoms. The number of rotatable bonds is 10. The fourth-order valence-electron chi connectivity index (χ4n) is 3.98. The Balaban J connectivity index is 1.51. The van der Waals surface area contributed by atoms with Gasteiger partial charge in [-0.1, -0.05) is 5.16 Å². The summed E-state index contributed by atoms with van der Waals surface area (Å²) in [5.74, 6) is 1.83. The summed E-state index contributed by atoms with van der Waals surface area (Å²) in [6.07, 6.45) is 4.37. The molecule has 3 heterocycles. The van der Waals surface area contributed by atoms with Gasteiger partial charge in [-0.15, -0.1) is 5.10 Å². The Kier molecular flexibility index (Phi) is 6.97. The number of methoxy groups -OCH3 is 2. The van der Waals surface area contributed by atoms with Gasteiger partial charge in [-0.25, -0.2) is 14.5 Å². The molecule has 180 valence electrons. The lowest BCUT2D eigenvalue weighted by Crippen LogP contribution is -2.15. The summed E-state index contributed by atoms with van der Waals surface area (Å²) in [5.41, 5.74) is 4.92. The lowest BCUT2D eigenvalue weighted by atomic mass is 10.2. The molecule has 0 amide bonds. The van der Waals surface area contributed by atoms with E-state index < -0.39 is 0 Å². The van der Waals surface area contributed by atoms with E-state index in [4.69, 9.17) is 19.3 Å². The van der Waals surface area contributed by atoms with Crippen molar-refractivity contribution in [3.8, 4) is 11.5 Å². The summed E-state index contributed by atoms with van der Waals surface area (Å²) >= 11 is 0. The minimum atomic E-state index is 0.147. The van der Waals surface area contributed by atoms with E-state index in [0.29, 0.717) is 17.3 Å². The third-order valence-electron chi connectivity index (χ3n) is 5.85. The van der Waals surface area contributed by atoms with Crippen molar-refractivity contribution >= 4 is 22.9 Å². The summed E-state index contributed by atoms with van der Waals surface area (Å²) in [5, 5.41) is 9.59. The van der Waals surface area contributed by atoms with Gasteiger partial charge in [0.25, 0.3) is 0 Å². The number of nitrogens with zero attached hydrogens (tertiary/aromatic N) is 7. The zero-order valence-electron chi connectivity index (χ0n) is 20.6. The van der Waals surface area contributed by atoms with E-state index in [1.807, 2.05) is 18.2 Å². The molecule has 3 aromatic heterocycles. The molecule has 0 unspecified atom stereocenters. The monoisotopic (exact) mass is 465 g/mol. The highest BCUT2D eigenvalue weighted by atomic mass is 16.6. The Morgan fingerprint density at radius 1 is 1.09 bits per heavy atom. The highest BCUT2D eigenvalue weighted by Gasteiger charge is 2.18. The third kappa shape index (κ3) is 4.67. The molecular weight excluding hydrogens is 434 g/mol. The van der Waals surface area contributed by atoms with Crippen molar-refractivity contribution in [1.82, 2.24) is 29.0 Å². The SMILES string of the molecule is COc1ccc(C=NOCc2nc3c4c(C)c(C)n(CCCN(C)C)c4ncn3n2)cc1OC. The lowest BCUT2D eigenvalue weighted by molar-refractivity contribution is 0.126. The van der Waals surface area contributed by atoms with Crippen molar-refractivity contribution in [3.05, 3.63) is 47.2 Å². The maximum atomic E-state index is 5.46. The largest absolute Gasteiger partial charge is 0.493 e. The molecule has 10 nitrogen and oxygen atoms in total.